The zero-order valence-electron chi connectivity index (χ0n) is 12.5. The van der Waals surface area contributed by atoms with E-state index < -0.39 is 0 Å². The summed E-state index contributed by atoms with van der Waals surface area (Å²) < 4.78 is 5.78. The van der Waals surface area contributed by atoms with E-state index in [1.165, 1.54) is 11.1 Å². The summed E-state index contributed by atoms with van der Waals surface area (Å²) in [5, 5.41) is 3.34. The normalized spacial score (nSPS) is 18.1. The first kappa shape index (κ1) is 15.2. The monoisotopic (exact) mass is 275 g/mol. The number of nitrogens with one attached hydrogen (secondary N) is 1. The van der Waals surface area contributed by atoms with Gasteiger partial charge in [0.05, 0.1) is 12.7 Å². The van der Waals surface area contributed by atoms with Crippen LogP contribution in [0.15, 0.2) is 24.3 Å². The van der Waals surface area contributed by atoms with Crippen LogP contribution in [0.25, 0.3) is 0 Å². The van der Waals surface area contributed by atoms with Crippen LogP contribution < -0.4 is 5.32 Å². The van der Waals surface area contributed by atoms with Gasteiger partial charge in [-0.3, -0.25) is 4.79 Å². The Morgan fingerprint density at radius 3 is 3.00 bits per heavy atom. The Hall–Kier alpha value is -1.19. The van der Waals surface area contributed by atoms with Gasteiger partial charge in [0.1, 0.15) is 5.78 Å². The maximum absolute atomic E-state index is 12.1. The Labute approximate surface area is 121 Å². The molecular formula is C17H25NO2. The van der Waals surface area contributed by atoms with Crippen LogP contribution in [0.1, 0.15) is 50.3 Å². The van der Waals surface area contributed by atoms with E-state index in [0.29, 0.717) is 24.7 Å². The molecule has 3 heteroatoms. The Balaban J connectivity index is 1.80. The van der Waals surface area contributed by atoms with E-state index in [4.69, 9.17) is 4.74 Å². The standard InChI is InChI=1S/C17H25NO2/c1-13(2)18-10-5-7-15(19)12-17-16-8-4-3-6-14(16)9-11-20-17/h3-4,6,8,13,17-18H,5,7,9-12H2,1-2H3. The molecule has 1 aromatic rings. The lowest BCUT2D eigenvalue weighted by Gasteiger charge is -2.25. The van der Waals surface area contributed by atoms with Crippen molar-refractivity contribution < 1.29 is 9.53 Å². The fraction of sp³-hybridized carbons (Fsp3) is 0.588. The highest BCUT2D eigenvalue weighted by atomic mass is 16.5. The molecule has 3 nitrogen and oxygen atoms in total. The summed E-state index contributed by atoms with van der Waals surface area (Å²) in [6, 6.07) is 8.80. The highest BCUT2D eigenvalue weighted by Crippen LogP contribution is 2.29. The molecule has 1 N–H and O–H groups in total. The molecule has 0 saturated carbocycles. The number of ketones is 1. The van der Waals surface area contributed by atoms with Crippen molar-refractivity contribution >= 4 is 5.78 Å². The molecule has 0 aromatic heterocycles. The Bertz CT molecular complexity index is 442. The summed E-state index contributed by atoms with van der Waals surface area (Å²) >= 11 is 0. The van der Waals surface area contributed by atoms with Gasteiger partial charge >= 0.3 is 0 Å². The van der Waals surface area contributed by atoms with Crippen LogP contribution in [-0.2, 0) is 16.0 Å². The molecule has 20 heavy (non-hydrogen) atoms. The minimum atomic E-state index is -0.0366. The minimum Gasteiger partial charge on any atom is -0.373 e. The number of carbonyl (C=O) groups is 1. The van der Waals surface area contributed by atoms with Gasteiger partial charge < -0.3 is 10.1 Å². The smallest absolute Gasteiger partial charge is 0.135 e. The summed E-state index contributed by atoms with van der Waals surface area (Å²) in [6.45, 7) is 5.87. The molecule has 1 aliphatic rings. The van der Waals surface area contributed by atoms with Gasteiger partial charge in [0.2, 0.25) is 0 Å². The first-order valence-corrected chi connectivity index (χ1v) is 7.61. The zero-order chi connectivity index (χ0) is 14.4. The average Bonchev–Trinajstić information content (AvgIpc) is 2.44. The lowest BCUT2D eigenvalue weighted by molar-refractivity contribution is -0.122. The first-order chi connectivity index (χ1) is 9.66. The van der Waals surface area contributed by atoms with Crippen LogP contribution >= 0.6 is 0 Å². The third-order valence-corrected chi connectivity index (χ3v) is 3.69. The molecule has 110 valence electrons. The Kier molecular flexibility index (Phi) is 5.74. The van der Waals surface area contributed by atoms with E-state index in [9.17, 15) is 4.79 Å². The van der Waals surface area contributed by atoms with Gasteiger partial charge in [-0.1, -0.05) is 38.1 Å². The summed E-state index contributed by atoms with van der Waals surface area (Å²) in [7, 11) is 0. The molecule has 0 bridgehead atoms. The van der Waals surface area contributed by atoms with E-state index in [1.54, 1.807) is 0 Å². The second kappa shape index (κ2) is 7.55. The van der Waals surface area contributed by atoms with Crippen LogP contribution in [0.4, 0.5) is 0 Å². The Morgan fingerprint density at radius 2 is 2.20 bits per heavy atom. The van der Waals surface area contributed by atoms with Gasteiger partial charge in [-0.15, -0.1) is 0 Å². The second-order valence-electron chi connectivity index (χ2n) is 5.76. The second-order valence-corrected chi connectivity index (χ2v) is 5.76. The quantitative estimate of drug-likeness (QED) is 0.777. The van der Waals surface area contributed by atoms with Crippen molar-refractivity contribution in [3.8, 4) is 0 Å². The molecule has 0 amide bonds. The molecule has 1 aliphatic heterocycles. The van der Waals surface area contributed by atoms with E-state index in [2.05, 4.69) is 37.4 Å². The maximum atomic E-state index is 12.1. The molecule has 0 radical (unpaired) electrons. The molecule has 0 aliphatic carbocycles. The highest BCUT2D eigenvalue weighted by Gasteiger charge is 2.22. The van der Waals surface area contributed by atoms with Crippen LogP contribution in [0.2, 0.25) is 0 Å². The van der Waals surface area contributed by atoms with Gasteiger partial charge in [0.15, 0.2) is 0 Å². The van der Waals surface area contributed by atoms with E-state index in [1.807, 2.05) is 6.07 Å². The van der Waals surface area contributed by atoms with Crippen molar-refractivity contribution in [3.63, 3.8) is 0 Å². The fourth-order valence-corrected chi connectivity index (χ4v) is 2.63. The number of fused-ring (bicyclic) bond motifs is 1. The molecule has 1 heterocycles. The summed E-state index contributed by atoms with van der Waals surface area (Å²) in [4.78, 5) is 12.1. The van der Waals surface area contributed by atoms with Crippen molar-refractivity contribution in [1.82, 2.24) is 5.32 Å². The number of rotatable bonds is 7. The number of hydrogen-bond donors (Lipinski definition) is 1. The highest BCUT2D eigenvalue weighted by molar-refractivity contribution is 5.79. The molecule has 1 aromatic carbocycles. The molecule has 1 atom stereocenters. The van der Waals surface area contributed by atoms with Crippen LogP contribution in [0.3, 0.4) is 0 Å². The third-order valence-electron chi connectivity index (χ3n) is 3.69. The molecule has 0 fully saturated rings. The largest absolute Gasteiger partial charge is 0.373 e. The van der Waals surface area contributed by atoms with Gasteiger partial charge in [-0.05, 0) is 30.5 Å². The van der Waals surface area contributed by atoms with Crippen LogP contribution in [0.5, 0.6) is 0 Å². The molecule has 2 rings (SSSR count). The SMILES string of the molecule is CC(C)NCCCC(=O)CC1OCCc2ccccc21. The van der Waals surface area contributed by atoms with Gasteiger partial charge in [-0.25, -0.2) is 0 Å². The van der Waals surface area contributed by atoms with Gasteiger partial charge in [-0.2, -0.15) is 0 Å². The number of ether oxygens (including phenoxy) is 1. The Morgan fingerprint density at radius 1 is 1.40 bits per heavy atom. The van der Waals surface area contributed by atoms with Gasteiger partial charge in [0.25, 0.3) is 0 Å². The fourth-order valence-electron chi connectivity index (χ4n) is 2.63. The van der Waals surface area contributed by atoms with E-state index >= 15 is 0 Å². The number of carbonyl (C=O) groups excluding carboxylic acids is 1. The average molecular weight is 275 g/mol. The lowest BCUT2D eigenvalue weighted by atomic mass is 9.94. The van der Waals surface area contributed by atoms with Crippen molar-refractivity contribution in [1.29, 1.82) is 0 Å². The van der Waals surface area contributed by atoms with E-state index in [0.717, 1.165) is 26.0 Å². The van der Waals surface area contributed by atoms with E-state index in [-0.39, 0.29) is 6.10 Å². The lowest BCUT2D eigenvalue weighted by Crippen LogP contribution is -2.24. The zero-order valence-corrected chi connectivity index (χ0v) is 12.5. The summed E-state index contributed by atoms with van der Waals surface area (Å²) in [6.07, 6.45) is 2.98. The van der Waals surface area contributed by atoms with Crippen molar-refractivity contribution in [3.05, 3.63) is 35.4 Å². The van der Waals surface area contributed by atoms with Gasteiger partial charge in [0, 0.05) is 18.9 Å². The maximum Gasteiger partial charge on any atom is 0.135 e. The van der Waals surface area contributed by atoms with Crippen molar-refractivity contribution in [2.45, 2.75) is 51.7 Å². The molecule has 0 spiro atoms. The molecular weight excluding hydrogens is 250 g/mol. The summed E-state index contributed by atoms with van der Waals surface area (Å²) in [5.41, 5.74) is 2.53. The molecule has 0 saturated heterocycles. The summed E-state index contributed by atoms with van der Waals surface area (Å²) in [5.74, 6) is 0.303. The number of hydrogen-bond acceptors (Lipinski definition) is 3. The number of Topliss-reactive ketones (excluding diaryl/α,β-unsaturated/α-hetero) is 1. The number of benzene rings is 1. The van der Waals surface area contributed by atoms with Crippen molar-refractivity contribution in [2.75, 3.05) is 13.2 Å². The van der Waals surface area contributed by atoms with Crippen LogP contribution in [-0.4, -0.2) is 25.0 Å². The molecule has 1 unspecified atom stereocenters. The minimum absolute atomic E-state index is 0.0366. The predicted octanol–water partition coefficient (Wildman–Crippen LogP) is 3.04. The topological polar surface area (TPSA) is 38.3 Å². The van der Waals surface area contributed by atoms with Crippen LogP contribution in [0, 0.1) is 0 Å². The predicted molar refractivity (Wildman–Crippen MR) is 80.8 cm³/mol. The van der Waals surface area contributed by atoms with Crippen molar-refractivity contribution in [2.24, 2.45) is 0 Å². The third kappa shape index (κ3) is 4.43. The first-order valence-electron chi connectivity index (χ1n) is 7.61.